The number of hydrogen-bond acceptors (Lipinski definition) is 2. The number of rotatable bonds is 3. The van der Waals surface area contributed by atoms with Gasteiger partial charge in [-0.2, -0.15) is 5.10 Å². The van der Waals surface area contributed by atoms with Crippen molar-refractivity contribution in [1.29, 1.82) is 0 Å². The molecule has 0 bridgehead atoms. The molecule has 0 unspecified atom stereocenters. The van der Waals surface area contributed by atoms with E-state index in [0.29, 0.717) is 0 Å². The predicted molar refractivity (Wildman–Crippen MR) is 106 cm³/mol. The highest BCUT2D eigenvalue weighted by molar-refractivity contribution is 9.10. The van der Waals surface area contributed by atoms with Gasteiger partial charge in [-0.15, -0.1) is 0 Å². The van der Waals surface area contributed by atoms with E-state index in [1.165, 1.54) is 16.8 Å². The minimum absolute atomic E-state index is 0.755. The Labute approximate surface area is 161 Å². The maximum Gasteiger partial charge on any atom is 0.0958 e. The van der Waals surface area contributed by atoms with Crippen LogP contribution < -0.4 is 5.32 Å². The smallest absolute Gasteiger partial charge is 0.0958 e. The fraction of sp³-hybridized carbons (Fsp3) is 0.250. The van der Waals surface area contributed by atoms with Crippen molar-refractivity contribution in [2.24, 2.45) is 0 Å². The van der Waals surface area contributed by atoms with Crippen LogP contribution in [0.2, 0.25) is 5.02 Å². The second kappa shape index (κ2) is 7.32. The van der Waals surface area contributed by atoms with Crippen LogP contribution >= 0.6 is 27.5 Å². The van der Waals surface area contributed by atoms with E-state index in [1.54, 1.807) is 0 Å². The van der Waals surface area contributed by atoms with Crippen LogP contribution in [0.5, 0.6) is 0 Å². The minimum Gasteiger partial charge on any atom is -0.316 e. The first-order valence-corrected chi connectivity index (χ1v) is 9.67. The van der Waals surface area contributed by atoms with Crippen molar-refractivity contribution in [1.82, 2.24) is 15.1 Å². The van der Waals surface area contributed by atoms with Gasteiger partial charge in [0.2, 0.25) is 0 Å². The lowest BCUT2D eigenvalue weighted by Gasteiger charge is -2.08. The Balaban J connectivity index is 1.76. The van der Waals surface area contributed by atoms with Crippen molar-refractivity contribution in [3.8, 4) is 11.3 Å². The van der Waals surface area contributed by atoms with E-state index >= 15 is 0 Å². The molecule has 25 heavy (non-hydrogen) atoms. The summed E-state index contributed by atoms with van der Waals surface area (Å²) in [6.45, 7) is 2.79. The van der Waals surface area contributed by atoms with Gasteiger partial charge in [0.25, 0.3) is 0 Å². The van der Waals surface area contributed by atoms with Gasteiger partial charge in [-0.1, -0.05) is 51.8 Å². The monoisotopic (exact) mass is 415 g/mol. The summed E-state index contributed by atoms with van der Waals surface area (Å²) in [5.41, 5.74) is 6.19. The van der Waals surface area contributed by atoms with Gasteiger partial charge < -0.3 is 5.32 Å². The van der Waals surface area contributed by atoms with Crippen LogP contribution in [-0.4, -0.2) is 22.9 Å². The zero-order valence-corrected chi connectivity index (χ0v) is 16.1. The van der Waals surface area contributed by atoms with E-state index in [0.717, 1.165) is 53.2 Å². The molecular weight excluding hydrogens is 398 g/mol. The van der Waals surface area contributed by atoms with Gasteiger partial charge in [0.05, 0.1) is 12.2 Å². The fourth-order valence-electron chi connectivity index (χ4n) is 3.35. The van der Waals surface area contributed by atoms with E-state index in [2.05, 4.69) is 62.3 Å². The lowest BCUT2D eigenvalue weighted by Crippen LogP contribution is -2.17. The zero-order valence-electron chi connectivity index (χ0n) is 13.8. The van der Waals surface area contributed by atoms with Gasteiger partial charge >= 0.3 is 0 Å². The van der Waals surface area contributed by atoms with Crippen molar-refractivity contribution < 1.29 is 0 Å². The largest absolute Gasteiger partial charge is 0.316 e. The average molecular weight is 417 g/mol. The first-order chi connectivity index (χ1) is 12.2. The molecule has 0 fully saturated rings. The molecule has 128 valence electrons. The zero-order chi connectivity index (χ0) is 17.2. The molecule has 3 aromatic rings. The van der Waals surface area contributed by atoms with Gasteiger partial charge in [0.15, 0.2) is 0 Å². The van der Waals surface area contributed by atoms with Crippen LogP contribution in [0.4, 0.5) is 0 Å². The number of benzene rings is 2. The molecule has 5 heteroatoms. The molecule has 0 spiro atoms. The minimum atomic E-state index is 0.755. The van der Waals surface area contributed by atoms with Crippen molar-refractivity contribution in [3.05, 3.63) is 74.8 Å². The number of halogens is 2. The fourth-order valence-corrected chi connectivity index (χ4v) is 3.75. The molecule has 0 radical (unpaired) electrons. The molecular formula is C20H19BrClN3. The Morgan fingerprint density at radius 1 is 1.00 bits per heavy atom. The summed E-state index contributed by atoms with van der Waals surface area (Å²) in [4.78, 5) is 0. The summed E-state index contributed by atoms with van der Waals surface area (Å²) in [6, 6.07) is 16.5. The summed E-state index contributed by atoms with van der Waals surface area (Å²) in [5, 5.41) is 9.24. The lowest BCUT2D eigenvalue weighted by molar-refractivity contribution is 0.628. The number of hydrogen-bond donors (Lipinski definition) is 1. The van der Waals surface area contributed by atoms with E-state index < -0.39 is 0 Å². The molecule has 3 nitrogen and oxygen atoms in total. The van der Waals surface area contributed by atoms with E-state index in [1.807, 2.05) is 12.1 Å². The molecule has 0 saturated heterocycles. The molecule has 0 amide bonds. The van der Waals surface area contributed by atoms with Crippen LogP contribution in [0, 0.1) is 0 Å². The van der Waals surface area contributed by atoms with Crippen molar-refractivity contribution in [2.75, 3.05) is 13.1 Å². The maximum absolute atomic E-state index is 6.05. The molecule has 4 rings (SSSR count). The molecule has 0 aliphatic carbocycles. The quantitative estimate of drug-likeness (QED) is 0.670. The first-order valence-electron chi connectivity index (χ1n) is 8.50. The SMILES string of the molecule is Clc1ccc(-c2nn(Cc3ccc(Br)cc3)c3c2CCNCC3)cc1. The third-order valence-electron chi connectivity index (χ3n) is 4.62. The highest BCUT2D eigenvalue weighted by Gasteiger charge is 2.20. The standard InChI is InChI=1S/C20H19BrClN3/c21-16-5-1-14(2-6-16)13-25-19-10-12-23-11-9-18(19)20(24-25)15-3-7-17(22)8-4-15/h1-8,23H,9-13H2. The van der Waals surface area contributed by atoms with Gasteiger partial charge in [-0.3, -0.25) is 4.68 Å². The van der Waals surface area contributed by atoms with E-state index in [-0.39, 0.29) is 0 Å². The molecule has 1 aliphatic rings. The van der Waals surface area contributed by atoms with Crippen LogP contribution in [0.3, 0.4) is 0 Å². The van der Waals surface area contributed by atoms with Gasteiger partial charge in [-0.25, -0.2) is 0 Å². The topological polar surface area (TPSA) is 29.9 Å². The van der Waals surface area contributed by atoms with Crippen molar-refractivity contribution in [2.45, 2.75) is 19.4 Å². The Hall–Kier alpha value is -1.62. The maximum atomic E-state index is 6.05. The summed E-state index contributed by atoms with van der Waals surface area (Å²) in [5.74, 6) is 0. The molecule has 1 N–H and O–H groups in total. The summed E-state index contributed by atoms with van der Waals surface area (Å²) >= 11 is 9.55. The highest BCUT2D eigenvalue weighted by Crippen LogP contribution is 2.29. The van der Waals surface area contributed by atoms with Crippen molar-refractivity contribution >= 4 is 27.5 Å². The Morgan fingerprint density at radius 2 is 1.72 bits per heavy atom. The molecule has 0 saturated carbocycles. The predicted octanol–water partition coefficient (Wildman–Crippen LogP) is 4.70. The average Bonchev–Trinajstić information content (AvgIpc) is 2.80. The molecule has 2 heterocycles. The van der Waals surface area contributed by atoms with E-state index in [4.69, 9.17) is 16.7 Å². The van der Waals surface area contributed by atoms with Gasteiger partial charge in [0.1, 0.15) is 0 Å². The Kier molecular flexibility index (Phi) is 4.93. The second-order valence-corrected chi connectivity index (χ2v) is 7.67. The van der Waals surface area contributed by atoms with Crippen LogP contribution in [0.15, 0.2) is 53.0 Å². The number of aromatic nitrogens is 2. The van der Waals surface area contributed by atoms with Crippen LogP contribution in [0.1, 0.15) is 16.8 Å². The van der Waals surface area contributed by atoms with E-state index in [9.17, 15) is 0 Å². The summed E-state index contributed by atoms with van der Waals surface area (Å²) in [7, 11) is 0. The molecule has 1 aromatic heterocycles. The van der Waals surface area contributed by atoms with Gasteiger partial charge in [0, 0.05) is 39.3 Å². The Bertz CT molecular complexity index is 869. The number of fused-ring (bicyclic) bond motifs is 1. The highest BCUT2D eigenvalue weighted by atomic mass is 79.9. The molecule has 1 aliphatic heterocycles. The third-order valence-corrected chi connectivity index (χ3v) is 5.40. The van der Waals surface area contributed by atoms with Crippen molar-refractivity contribution in [3.63, 3.8) is 0 Å². The molecule has 0 atom stereocenters. The lowest BCUT2D eigenvalue weighted by atomic mass is 10.0. The first kappa shape index (κ1) is 16.8. The second-order valence-electron chi connectivity index (χ2n) is 6.31. The van der Waals surface area contributed by atoms with Gasteiger partial charge in [-0.05, 0) is 42.8 Å². The third kappa shape index (κ3) is 3.66. The number of nitrogens with zero attached hydrogens (tertiary/aromatic N) is 2. The summed E-state index contributed by atoms with van der Waals surface area (Å²) < 4.78 is 3.27. The molecule has 2 aromatic carbocycles. The summed E-state index contributed by atoms with van der Waals surface area (Å²) in [6.07, 6.45) is 2.01. The Morgan fingerprint density at radius 3 is 2.48 bits per heavy atom. The number of nitrogens with one attached hydrogen (secondary N) is 1. The van der Waals surface area contributed by atoms with Crippen LogP contribution in [0.25, 0.3) is 11.3 Å². The van der Waals surface area contributed by atoms with Crippen LogP contribution in [-0.2, 0) is 19.4 Å². The normalized spacial score (nSPS) is 14.2.